The molecular weight excluding hydrogens is 290 g/mol. The molecule has 1 fully saturated rings. The Morgan fingerprint density at radius 1 is 1.39 bits per heavy atom. The molecule has 1 saturated carbocycles. The summed E-state index contributed by atoms with van der Waals surface area (Å²) in [5, 5.41) is 10.8. The second-order valence-electron chi connectivity index (χ2n) is 7.01. The smallest absolute Gasteiger partial charge is 0.162 e. The van der Waals surface area contributed by atoms with Crippen molar-refractivity contribution in [3.05, 3.63) is 29.3 Å². The first-order valence-corrected chi connectivity index (χ1v) is 8.23. The van der Waals surface area contributed by atoms with Gasteiger partial charge in [-0.25, -0.2) is 0 Å². The van der Waals surface area contributed by atoms with Gasteiger partial charge >= 0.3 is 0 Å². The van der Waals surface area contributed by atoms with Gasteiger partial charge in [-0.15, -0.1) is 0 Å². The molecule has 0 aliphatic heterocycles. The highest BCUT2D eigenvalue weighted by atomic mass is 16.5. The molecule has 0 bridgehead atoms. The highest BCUT2D eigenvalue weighted by molar-refractivity contribution is 5.83. The molecule has 0 heterocycles. The number of carbonyl (C=O) groups excluding carboxylic acids is 1. The summed E-state index contributed by atoms with van der Waals surface area (Å²) in [4.78, 5) is 14.4. The van der Waals surface area contributed by atoms with Crippen molar-refractivity contribution < 1.29 is 14.6 Å². The van der Waals surface area contributed by atoms with Gasteiger partial charge in [0.15, 0.2) is 11.5 Å². The number of Topliss-reactive ketones (excluding diaryl/α,β-unsaturated/α-hetero) is 1. The maximum Gasteiger partial charge on any atom is 0.162 e. The predicted molar refractivity (Wildman–Crippen MR) is 90.9 cm³/mol. The number of phenolic OH excluding ortho intramolecular Hbond substituents is 1. The highest BCUT2D eigenvalue weighted by Gasteiger charge is 2.48. The van der Waals surface area contributed by atoms with Crippen molar-refractivity contribution in [2.45, 2.75) is 31.1 Å². The lowest BCUT2D eigenvalue weighted by Gasteiger charge is -2.46. The van der Waals surface area contributed by atoms with E-state index in [-0.39, 0.29) is 11.2 Å². The molecule has 0 saturated heterocycles. The first-order valence-electron chi connectivity index (χ1n) is 8.23. The molecular formula is C19H25NO3. The maximum absolute atomic E-state index is 12.3. The highest BCUT2D eigenvalue weighted by Crippen LogP contribution is 2.54. The van der Waals surface area contributed by atoms with Crippen LogP contribution in [0.4, 0.5) is 0 Å². The normalized spacial score (nSPS) is 26.1. The molecule has 4 heteroatoms. The van der Waals surface area contributed by atoms with Crippen molar-refractivity contribution in [3.8, 4) is 11.5 Å². The summed E-state index contributed by atoms with van der Waals surface area (Å²) in [6.45, 7) is 0.883. The fourth-order valence-corrected chi connectivity index (χ4v) is 4.17. The molecule has 2 aliphatic carbocycles. The summed E-state index contributed by atoms with van der Waals surface area (Å²) in [7, 11) is 5.65. The monoisotopic (exact) mass is 315 g/mol. The van der Waals surface area contributed by atoms with Gasteiger partial charge in [-0.3, -0.25) is 4.79 Å². The lowest BCUT2D eigenvalue weighted by molar-refractivity contribution is -0.123. The Kier molecular flexibility index (Phi) is 4.19. The van der Waals surface area contributed by atoms with Crippen LogP contribution in [0.2, 0.25) is 0 Å². The van der Waals surface area contributed by atoms with Crippen molar-refractivity contribution in [2.75, 3.05) is 27.7 Å². The van der Waals surface area contributed by atoms with Crippen LogP contribution in [0.25, 0.3) is 6.08 Å². The molecule has 23 heavy (non-hydrogen) atoms. The van der Waals surface area contributed by atoms with E-state index in [1.807, 2.05) is 20.2 Å². The van der Waals surface area contributed by atoms with Gasteiger partial charge < -0.3 is 14.7 Å². The van der Waals surface area contributed by atoms with E-state index in [2.05, 4.69) is 17.1 Å². The molecule has 3 rings (SSSR count). The molecule has 124 valence electrons. The molecule has 0 spiro atoms. The van der Waals surface area contributed by atoms with Crippen LogP contribution in [0, 0.1) is 5.92 Å². The average Bonchev–Trinajstić information content (AvgIpc) is 2.52. The molecule has 1 aromatic carbocycles. The number of nitrogens with zero attached hydrogens (tertiary/aromatic N) is 1. The molecule has 0 radical (unpaired) electrons. The van der Waals surface area contributed by atoms with Crippen LogP contribution in [0.15, 0.2) is 18.2 Å². The number of allylic oxidation sites excluding steroid dienone is 1. The third kappa shape index (κ3) is 2.65. The van der Waals surface area contributed by atoms with Gasteiger partial charge in [0.25, 0.3) is 0 Å². The number of hydrogen-bond acceptors (Lipinski definition) is 4. The molecule has 1 N–H and O–H groups in total. The van der Waals surface area contributed by atoms with Crippen LogP contribution in [0.1, 0.15) is 36.8 Å². The van der Waals surface area contributed by atoms with Crippen LogP contribution in [-0.2, 0) is 10.2 Å². The number of phenols is 1. The lowest BCUT2D eigenvalue weighted by atomic mass is 9.57. The van der Waals surface area contributed by atoms with E-state index >= 15 is 0 Å². The van der Waals surface area contributed by atoms with Crippen molar-refractivity contribution in [2.24, 2.45) is 5.92 Å². The second-order valence-corrected chi connectivity index (χ2v) is 7.01. The zero-order chi connectivity index (χ0) is 16.6. The van der Waals surface area contributed by atoms with Crippen LogP contribution in [0.3, 0.4) is 0 Å². The van der Waals surface area contributed by atoms with Crippen molar-refractivity contribution in [3.63, 3.8) is 0 Å². The number of hydrogen-bond donors (Lipinski definition) is 1. The zero-order valence-corrected chi connectivity index (χ0v) is 14.1. The predicted octanol–water partition coefficient (Wildman–Crippen LogP) is 2.99. The molecule has 2 aliphatic rings. The number of ketones is 1. The number of benzene rings is 1. The molecule has 2 unspecified atom stereocenters. The summed E-state index contributed by atoms with van der Waals surface area (Å²) in [6.07, 6.45) is 7.18. The quantitative estimate of drug-likeness (QED) is 0.928. The SMILES string of the molecule is COc1ccc2c(c1O)C1(CCN(C)C)CC(=O)CCC1C=C2. The third-order valence-electron chi connectivity index (χ3n) is 5.36. The molecule has 2 atom stereocenters. The molecule has 1 aromatic rings. The summed E-state index contributed by atoms with van der Waals surface area (Å²) in [5.41, 5.74) is 1.59. The van der Waals surface area contributed by atoms with E-state index in [4.69, 9.17) is 4.74 Å². The first kappa shape index (κ1) is 16.1. The van der Waals surface area contributed by atoms with E-state index in [9.17, 15) is 9.90 Å². The van der Waals surface area contributed by atoms with E-state index in [0.717, 1.165) is 30.5 Å². The van der Waals surface area contributed by atoms with E-state index in [0.29, 0.717) is 30.3 Å². The Labute approximate surface area is 137 Å². The Balaban J connectivity index is 2.16. The Hall–Kier alpha value is -1.81. The zero-order valence-electron chi connectivity index (χ0n) is 14.1. The van der Waals surface area contributed by atoms with Crippen LogP contribution < -0.4 is 4.74 Å². The van der Waals surface area contributed by atoms with Gasteiger partial charge in [0.05, 0.1) is 7.11 Å². The Morgan fingerprint density at radius 3 is 2.87 bits per heavy atom. The van der Waals surface area contributed by atoms with Crippen LogP contribution in [-0.4, -0.2) is 43.5 Å². The fraction of sp³-hybridized carbons (Fsp3) is 0.526. The number of methoxy groups -OCH3 is 1. The standard InChI is InChI=1S/C19H25NO3/c1-20(2)11-10-19-12-15(21)8-7-14(19)6-4-13-5-9-16(23-3)18(22)17(13)19/h4-6,9,14,22H,7-8,10-12H2,1-3H3. The first-order chi connectivity index (χ1) is 11.0. The lowest BCUT2D eigenvalue weighted by Crippen LogP contribution is -2.44. The summed E-state index contributed by atoms with van der Waals surface area (Å²) in [6, 6.07) is 3.78. The van der Waals surface area contributed by atoms with E-state index in [1.165, 1.54) is 0 Å². The summed E-state index contributed by atoms with van der Waals surface area (Å²) < 4.78 is 5.32. The summed E-state index contributed by atoms with van der Waals surface area (Å²) >= 11 is 0. The minimum absolute atomic E-state index is 0.202. The number of ether oxygens (including phenoxy) is 1. The number of rotatable bonds is 4. The van der Waals surface area contributed by atoms with E-state index < -0.39 is 0 Å². The number of aromatic hydroxyl groups is 1. The molecule has 4 nitrogen and oxygen atoms in total. The minimum Gasteiger partial charge on any atom is -0.504 e. The number of carbonyl (C=O) groups is 1. The largest absolute Gasteiger partial charge is 0.504 e. The van der Waals surface area contributed by atoms with Gasteiger partial charge in [0, 0.05) is 23.8 Å². The average molecular weight is 315 g/mol. The van der Waals surface area contributed by atoms with Crippen molar-refractivity contribution >= 4 is 11.9 Å². The molecule has 0 amide bonds. The van der Waals surface area contributed by atoms with Crippen molar-refractivity contribution in [1.82, 2.24) is 4.90 Å². The maximum atomic E-state index is 12.3. The van der Waals surface area contributed by atoms with Gasteiger partial charge in [0.2, 0.25) is 0 Å². The van der Waals surface area contributed by atoms with Gasteiger partial charge in [-0.2, -0.15) is 0 Å². The molecule has 0 aromatic heterocycles. The minimum atomic E-state index is -0.317. The summed E-state index contributed by atoms with van der Waals surface area (Å²) in [5.74, 6) is 1.28. The van der Waals surface area contributed by atoms with E-state index in [1.54, 1.807) is 13.2 Å². The topological polar surface area (TPSA) is 49.8 Å². The van der Waals surface area contributed by atoms with Crippen molar-refractivity contribution in [1.29, 1.82) is 0 Å². The van der Waals surface area contributed by atoms with Gasteiger partial charge in [0.1, 0.15) is 5.78 Å². The van der Waals surface area contributed by atoms with Gasteiger partial charge in [-0.05, 0) is 51.0 Å². The van der Waals surface area contributed by atoms with Crippen LogP contribution in [0.5, 0.6) is 11.5 Å². The second kappa shape index (κ2) is 6.00. The van der Waals surface area contributed by atoms with Crippen LogP contribution >= 0.6 is 0 Å². The number of fused-ring (bicyclic) bond motifs is 3. The third-order valence-corrected chi connectivity index (χ3v) is 5.36. The Morgan fingerprint density at radius 2 is 2.17 bits per heavy atom. The fourth-order valence-electron chi connectivity index (χ4n) is 4.17. The Bertz CT molecular complexity index is 650. The van der Waals surface area contributed by atoms with Gasteiger partial charge in [-0.1, -0.05) is 18.2 Å².